The Kier molecular flexibility index (Phi) is 2.99. The molecule has 0 aliphatic carbocycles. The quantitative estimate of drug-likeness (QED) is 0.550. The van der Waals surface area contributed by atoms with Crippen molar-refractivity contribution < 1.29 is 22.4 Å². The fourth-order valence-electron chi connectivity index (χ4n) is 1.17. The summed E-state index contributed by atoms with van der Waals surface area (Å²) in [6.07, 6.45) is -4.89. The van der Waals surface area contributed by atoms with E-state index in [2.05, 4.69) is 0 Å². The first-order valence-electron chi connectivity index (χ1n) is 4.09. The first-order chi connectivity index (χ1) is 7.27. The summed E-state index contributed by atoms with van der Waals surface area (Å²) in [5, 5.41) is 8.54. The average Bonchev–Trinajstić information content (AvgIpc) is 2.14. The minimum absolute atomic E-state index is 0.357. The Balaban J connectivity index is 3.53. The van der Waals surface area contributed by atoms with E-state index in [1.807, 2.05) is 0 Å². The molecule has 1 rings (SSSR count). The molecule has 0 amide bonds. The molecule has 0 N–H and O–H groups in total. The number of nitriles is 1. The highest BCUT2D eigenvalue weighted by atomic mass is 19.4. The number of Topliss-reactive ketones (excluding diaryl/α,β-unsaturated/α-hetero) is 1. The van der Waals surface area contributed by atoms with Gasteiger partial charge in [-0.2, -0.15) is 18.4 Å². The van der Waals surface area contributed by atoms with Crippen molar-refractivity contribution in [2.24, 2.45) is 0 Å². The smallest absolute Gasteiger partial charge is 0.294 e. The van der Waals surface area contributed by atoms with E-state index >= 15 is 0 Å². The van der Waals surface area contributed by atoms with Gasteiger partial charge in [0.15, 0.2) is 5.78 Å². The van der Waals surface area contributed by atoms with Crippen LogP contribution in [-0.4, -0.2) is 5.78 Å². The van der Waals surface area contributed by atoms with E-state index in [1.165, 1.54) is 6.07 Å². The van der Waals surface area contributed by atoms with E-state index in [4.69, 9.17) is 5.26 Å². The van der Waals surface area contributed by atoms with Gasteiger partial charge in [-0.15, -0.1) is 0 Å². The number of benzene rings is 1. The molecule has 1 aromatic carbocycles. The van der Waals surface area contributed by atoms with Crippen LogP contribution < -0.4 is 0 Å². The lowest BCUT2D eigenvalue weighted by atomic mass is 10.0. The van der Waals surface area contributed by atoms with Gasteiger partial charge in [-0.05, 0) is 19.1 Å². The van der Waals surface area contributed by atoms with Gasteiger partial charge in [0.2, 0.25) is 0 Å². The lowest BCUT2D eigenvalue weighted by molar-refractivity contribution is -0.140. The predicted molar refractivity (Wildman–Crippen MR) is 46.1 cm³/mol. The van der Waals surface area contributed by atoms with Crippen molar-refractivity contribution in [3.05, 3.63) is 34.6 Å². The molecule has 0 radical (unpaired) electrons. The van der Waals surface area contributed by atoms with E-state index < -0.39 is 34.5 Å². The van der Waals surface area contributed by atoms with Gasteiger partial charge in [0.25, 0.3) is 0 Å². The molecule has 2 nitrogen and oxygen atoms in total. The molecule has 6 heteroatoms. The molecule has 0 saturated heterocycles. The summed E-state index contributed by atoms with van der Waals surface area (Å²) in [6, 6.07) is 2.24. The monoisotopic (exact) mass is 231 g/mol. The number of ketones is 1. The van der Waals surface area contributed by atoms with E-state index in [9.17, 15) is 22.4 Å². The van der Waals surface area contributed by atoms with Crippen molar-refractivity contribution in [1.82, 2.24) is 0 Å². The highest BCUT2D eigenvalue weighted by molar-refractivity contribution is 5.96. The Labute approximate surface area is 88.1 Å². The maximum absolute atomic E-state index is 13.0. The topological polar surface area (TPSA) is 40.9 Å². The Bertz CT molecular complexity index is 485. The van der Waals surface area contributed by atoms with Crippen LogP contribution in [0.2, 0.25) is 0 Å². The summed E-state index contributed by atoms with van der Waals surface area (Å²) in [5.74, 6) is -2.28. The first kappa shape index (κ1) is 12.2. The van der Waals surface area contributed by atoms with Crippen LogP contribution >= 0.6 is 0 Å². The Morgan fingerprint density at radius 2 is 1.94 bits per heavy atom. The van der Waals surface area contributed by atoms with Crippen molar-refractivity contribution in [3.63, 3.8) is 0 Å². The molecule has 0 aliphatic rings. The van der Waals surface area contributed by atoms with Crippen LogP contribution in [0.4, 0.5) is 17.6 Å². The Morgan fingerprint density at radius 3 is 2.31 bits per heavy atom. The fraction of sp³-hybridized carbons (Fsp3) is 0.200. The standard InChI is InChI=1S/C10H5F4NO/c1-5(16)7-3-8(10(12,13)14)9(11)2-6(7)4-15/h2-3H,1H3. The van der Waals surface area contributed by atoms with Crippen LogP contribution in [0.15, 0.2) is 12.1 Å². The average molecular weight is 231 g/mol. The molecule has 0 heterocycles. The fourth-order valence-corrected chi connectivity index (χ4v) is 1.17. The third-order valence-electron chi connectivity index (χ3n) is 1.91. The number of nitrogens with zero attached hydrogens (tertiary/aromatic N) is 1. The molecule has 0 spiro atoms. The number of alkyl halides is 3. The normalized spacial score (nSPS) is 11.0. The van der Waals surface area contributed by atoms with Gasteiger partial charge in [0.05, 0.1) is 17.2 Å². The van der Waals surface area contributed by atoms with Crippen LogP contribution in [0, 0.1) is 17.1 Å². The third-order valence-corrected chi connectivity index (χ3v) is 1.91. The Morgan fingerprint density at radius 1 is 1.38 bits per heavy atom. The van der Waals surface area contributed by atoms with E-state index in [-0.39, 0.29) is 0 Å². The second-order valence-corrected chi connectivity index (χ2v) is 3.04. The number of carbonyl (C=O) groups is 1. The zero-order valence-corrected chi connectivity index (χ0v) is 8.02. The van der Waals surface area contributed by atoms with E-state index in [0.29, 0.717) is 12.1 Å². The van der Waals surface area contributed by atoms with Gasteiger partial charge < -0.3 is 0 Å². The van der Waals surface area contributed by atoms with Crippen molar-refractivity contribution in [2.45, 2.75) is 13.1 Å². The molecule has 0 aromatic heterocycles. The van der Waals surface area contributed by atoms with Gasteiger partial charge in [-0.1, -0.05) is 0 Å². The molecule has 0 aliphatic heterocycles. The number of hydrogen-bond donors (Lipinski definition) is 0. The number of hydrogen-bond acceptors (Lipinski definition) is 2. The minimum Gasteiger partial charge on any atom is -0.294 e. The van der Waals surface area contributed by atoms with Crippen LogP contribution in [0.5, 0.6) is 0 Å². The molecule has 0 saturated carbocycles. The number of carbonyl (C=O) groups excluding carboxylic acids is 1. The Hall–Kier alpha value is -1.90. The van der Waals surface area contributed by atoms with Gasteiger partial charge in [0, 0.05) is 5.56 Å². The predicted octanol–water partition coefficient (Wildman–Crippen LogP) is 2.92. The molecule has 0 bridgehead atoms. The summed E-state index contributed by atoms with van der Waals surface area (Å²) in [7, 11) is 0. The summed E-state index contributed by atoms with van der Waals surface area (Å²) in [6.45, 7) is 1.01. The zero-order chi connectivity index (χ0) is 12.5. The summed E-state index contributed by atoms with van der Waals surface area (Å²) < 4.78 is 49.9. The van der Waals surface area contributed by atoms with Gasteiger partial charge in [0.1, 0.15) is 5.82 Å². The minimum atomic E-state index is -4.89. The van der Waals surface area contributed by atoms with E-state index in [1.54, 1.807) is 0 Å². The van der Waals surface area contributed by atoms with Crippen LogP contribution in [0.1, 0.15) is 28.4 Å². The molecule has 0 atom stereocenters. The molecule has 16 heavy (non-hydrogen) atoms. The van der Waals surface area contributed by atoms with Gasteiger partial charge in [-0.3, -0.25) is 4.79 Å². The molecular weight excluding hydrogens is 226 g/mol. The molecule has 84 valence electrons. The van der Waals surface area contributed by atoms with Crippen LogP contribution in [0.3, 0.4) is 0 Å². The van der Waals surface area contributed by atoms with Crippen molar-refractivity contribution in [2.75, 3.05) is 0 Å². The van der Waals surface area contributed by atoms with Gasteiger partial charge >= 0.3 is 6.18 Å². The molecule has 0 unspecified atom stereocenters. The highest BCUT2D eigenvalue weighted by Gasteiger charge is 2.35. The van der Waals surface area contributed by atoms with Crippen molar-refractivity contribution in [1.29, 1.82) is 5.26 Å². The molecule has 1 aromatic rings. The number of rotatable bonds is 1. The number of halogens is 4. The molecular formula is C10H5F4NO. The SMILES string of the molecule is CC(=O)c1cc(C(F)(F)F)c(F)cc1C#N. The van der Waals surface area contributed by atoms with Crippen LogP contribution in [0.25, 0.3) is 0 Å². The third kappa shape index (κ3) is 2.19. The second-order valence-electron chi connectivity index (χ2n) is 3.04. The van der Waals surface area contributed by atoms with Crippen LogP contribution in [-0.2, 0) is 6.18 Å². The summed E-state index contributed by atoms with van der Waals surface area (Å²) in [4.78, 5) is 11.0. The maximum atomic E-state index is 13.0. The first-order valence-corrected chi connectivity index (χ1v) is 4.09. The van der Waals surface area contributed by atoms with E-state index in [0.717, 1.165) is 6.92 Å². The van der Waals surface area contributed by atoms with Crippen molar-refractivity contribution >= 4 is 5.78 Å². The van der Waals surface area contributed by atoms with Gasteiger partial charge in [-0.25, -0.2) is 4.39 Å². The maximum Gasteiger partial charge on any atom is 0.419 e. The lowest BCUT2D eigenvalue weighted by Crippen LogP contribution is -2.11. The zero-order valence-electron chi connectivity index (χ0n) is 8.02. The lowest BCUT2D eigenvalue weighted by Gasteiger charge is -2.10. The molecule has 0 fully saturated rings. The largest absolute Gasteiger partial charge is 0.419 e. The summed E-state index contributed by atoms with van der Waals surface area (Å²) in [5.41, 5.74) is -2.38. The highest BCUT2D eigenvalue weighted by Crippen LogP contribution is 2.33. The van der Waals surface area contributed by atoms with Crippen molar-refractivity contribution in [3.8, 4) is 6.07 Å². The second kappa shape index (κ2) is 3.93. The summed E-state index contributed by atoms with van der Waals surface area (Å²) >= 11 is 0.